The van der Waals surface area contributed by atoms with Crippen molar-refractivity contribution in [3.63, 3.8) is 0 Å². The summed E-state index contributed by atoms with van der Waals surface area (Å²) in [6.45, 7) is 0. The summed E-state index contributed by atoms with van der Waals surface area (Å²) in [5, 5.41) is 10.3. The van der Waals surface area contributed by atoms with Crippen LogP contribution in [-0.2, 0) is 11.2 Å². The summed E-state index contributed by atoms with van der Waals surface area (Å²) >= 11 is 0. The number of hydrogen-bond donors (Lipinski definition) is 1. The lowest BCUT2D eigenvalue weighted by Gasteiger charge is -2.11. The van der Waals surface area contributed by atoms with Crippen molar-refractivity contribution in [1.29, 1.82) is 0 Å². The van der Waals surface area contributed by atoms with Crippen molar-refractivity contribution in [2.24, 2.45) is 5.73 Å². The number of carbonyl (C=O) groups is 1. The minimum Gasteiger partial charge on any atom is -0.548 e. The molecular formula is C10H12NO2-. The van der Waals surface area contributed by atoms with Crippen LogP contribution in [0.3, 0.4) is 0 Å². The molecule has 0 unspecified atom stereocenters. The van der Waals surface area contributed by atoms with Gasteiger partial charge in [-0.05, 0) is 18.4 Å². The molecule has 1 atom stereocenters. The van der Waals surface area contributed by atoms with Crippen LogP contribution in [-0.4, -0.2) is 12.0 Å². The van der Waals surface area contributed by atoms with E-state index in [-0.39, 0.29) is 0 Å². The number of carbonyl (C=O) groups excluding carboxylic acids is 1. The number of hydrogen-bond acceptors (Lipinski definition) is 3. The summed E-state index contributed by atoms with van der Waals surface area (Å²) in [6.07, 6.45) is 1.10. The van der Waals surface area contributed by atoms with Gasteiger partial charge in [0.05, 0.1) is 5.97 Å². The first-order valence-electron chi connectivity index (χ1n) is 4.20. The second kappa shape index (κ2) is 4.62. The Labute approximate surface area is 77.2 Å². The average Bonchev–Trinajstić information content (AvgIpc) is 2.15. The van der Waals surface area contributed by atoms with Gasteiger partial charge in [0, 0.05) is 6.04 Å². The minimum absolute atomic E-state index is 0.423. The van der Waals surface area contributed by atoms with Crippen LogP contribution in [0, 0.1) is 0 Å². The molecule has 0 heterocycles. The van der Waals surface area contributed by atoms with Crippen molar-refractivity contribution in [3.8, 4) is 0 Å². The van der Waals surface area contributed by atoms with Gasteiger partial charge in [-0.25, -0.2) is 0 Å². The first kappa shape index (κ1) is 9.74. The summed E-state index contributed by atoms with van der Waals surface area (Å²) in [4.78, 5) is 10.3. The molecule has 1 rings (SSSR count). The predicted molar refractivity (Wildman–Crippen MR) is 47.7 cm³/mol. The molecule has 0 aliphatic rings. The Morgan fingerprint density at radius 2 is 2.00 bits per heavy atom. The molecule has 0 amide bonds. The van der Waals surface area contributed by atoms with Gasteiger partial charge in [-0.1, -0.05) is 30.3 Å². The van der Waals surface area contributed by atoms with Crippen molar-refractivity contribution in [3.05, 3.63) is 35.9 Å². The lowest BCUT2D eigenvalue weighted by atomic mass is 10.1. The molecule has 0 saturated heterocycles. The van der Waals surface area contributed by atoms with E-state index < -0.39 is 12.0 Å². The smallest absolute Gasteiger partial charge is 0.0582 e. The quantitative estimate of drug-likeness (QED) is 0.688. The highest BCUT2D eigenvalue weighted by atomic mass is 16.4. The molecule has 0 bridgehead atoms. The monoisotopic (exact) mass is 178 g/mol. The summed E-state index contributed by atoms with van der Waals surface area (Å²) < 4.78 is 0. The summed E-state index contributed by atoms with van der Waals surface area (Å²) in [5.74, 6) is -1.18. The Hall–Kier alpha value is -1.35. The summed E-state index contributed by atoms with van der Waals surface area (Å²) in [7, 11) is 0. The van der Waals surface area contributed by atoms with Gasteiger partial charge in [-0.3, -0.25) is 0 Å². The third kappa shape index (κ3) is 3.25. The molecule has 13 heavy (non-hydrogen) atoms. The number of carboxylic acid groups (broad SMARTS) is 1. The maximum Gasteiger partial charge on any atom is 0.0582 e. The van der Waals surface area contributed by atoms with Gasteiger partial charge >= 0.3 is 0 Å². The zero-order valence-corrected chi connectivity index (χ0v) is 7.27. The fraction of sp³-hybridized carbons (Fsp3) is 0.300. The first-order chi connectivity index (χ1) is 6.20. The van der Waals surface area contributed by atoms with Gasteiger partial charge < -0.3 is 15.6 Å². The number of aryl methyl sites for hydroxylation is 1. The van der Waals surface area contributed by atoms with Gasteiger partial charge in [0.1, 0.15) is 0 Å². The Bertz CT molecular complexity index is 272. The number of rotatable bonds is 4. The molecule has 0 saturated carbocycles. The average molecular weight is 178 g/mol. The van der Waals surface area contributed by atoms with E-state index in [1.807, 2.05) is 30.3 Å². The molecule has 1 aromatic carbocycles. The maximum atomic E-state index is 10.3. The van der Waals surface area contributed by atoms with Crippen molar-refractivity contribution in [2.75, 3.05) is 0 Å². The van der Waals surface area contributed by atoms with Gasteiger partial charge in [0.15, 0.2) is 0 Å². The number of carboxylic acids is 1. The van der Waals surface area contributed by atoms with Crippen LogP contribution in [0.4, 0.5) is 0 Å². The van der Waals surface area contributed by atoms with Gasteiger partial charge in [0.25, 0.3) is 0 Å². The molecule has 0 fully saturated rings. The Kier molecular flexibility index (Phi) is 3.46. The van der Waals surface area contributed by atoms with E-state index >= 15 is 0 Å². The second-order valence-corrected chi connectivity index (χ2v) is 2.95. The first-order valence-corrected chi connectivity index (χ1v) is 4.20. The van der Waals surface area contributed by atoms with E-state index in [2.05, 4.69) is 0 Å². The lowest BCUT2D eigenvalue weighted by Crippen LogP contribution is -2.42. The highest BCUT2D eigenvalue weighted by molar-refractivity contribution is 5.70. The normalized spacial score (nSPS) is 12.4. The van der Waals surface area contributed by atoms with E-state index in [1.165, 1.54) is 0 Å². The van der Waals surface area contributed by atoms with Crippen LogP contribution in [0.5, 0.6) is 0 Å². The molecule has 0 aromatic heterocycles. The van der Waals surface area contributed by atoms with Gasteiger partial charge in [0.2, 0.25) is 0 Å². The lowest BCUT2D eigenvalue weighted by molar-refractivity contribution is -0.307. The number of nitrogens with two attached hydrogens (primary N) is 1. The topological polar surface area (TPSA) is 66.2 Å². The van der Waals surface area contributed by atoms with Crippen LogP contribution < -0.4 is 10.8 Å². The molecule has 3 nitrogen and oxygen atoms in total. The summed E-state index contributed by atoms with van der Waals surface area (Å²) in [5.41, 5.74) is 6.40. The molecule has 0 aliphatic heterocycles. The molecular weight excluding hydrogens is 166 g/mol. The zero-order chi connectivity index (χ0) is 9.68. The van der Waals surface area contributed by atoms with Crippen molar-refractivity contribution >= 4 is 5.97 Å². The van der Waals surface area contributed by atoms with Crippen LogP contribution in [0.1, 0.15) is 12.0 Å². The fourth-order valence-electron chi connectivity index (χ4n) is 1.08. The third-order valence-electron chi connectivity index (χ3n) is 1.89. The van der Waals surface area contributed by atoms with Crippen molar-refractivity contribution in [2.45, 2.75) is 18.9 Å². The predicted octanol–water partition coefficient (Wildman–Crippen LogP) is -0.304. The summed E-state index contributed by atoms with van der Waals surface area (Å²) in [6, 6.07) is 8.78. The van der Waals surface area contributed by atoms with Crippen molar-refractivity contribution in [1.82, 2.24) is 0 Å². The Morgan fingerprint density at radius 1 is 1.38 bits per heavy atom. The van der Waals surface area contributed by atoms with Crippen LogP contribution >= 0.6 is 0 Å². The van der Waals surface area contributed by atoms with Crippen LogP contribution in [0.15, 0.2) is 30.3 Å². The molecule has 0 radical (unpaired) electrons. The maximum absolute atomic E-state index is 10.3. The Balaban J connectivity index is 2.39. The molecule has 3 heteroatoms. The van der Waals surface area contributed by atoms with Crippen molar-refractivity contribution < 1.29 is 9.90 Å². The van der Waals surface area contributed by atoms with Gasteiger partial charge in [-0.15, -0.1) is 0 Å². The van der Waals surface area contributed by atoms with E-state index in [1.54, 1.807) is 0 Å². The highest BCUT2D eigenvalue weighted by Gasteiger charge is 2.02. The number of benzene rings is 1. The van der Waals surface area contributed by atoms with Gasteiger partial charge in [-0.2, -0.15) is 0 Å². The zero-order valence-electron chi connectivity index (χ0n) is 7.27. The minimum atomic E-state index is -1.18. The standard InChI is InChI=1S/C10H13NO2/c11-9(10(12)13)7-6-8-4-2-1-3-5-8/h1-5,9H,6-7,11H2,(H,12,13)/p-1/t9-/m0/s1. The fourth-order valence-corrected chi connectivity index (χ4v) is 1.08. The molecule has 1 aromatic rings. The van der Waals surface area contributed by atoms with Crippen LogP contribution in [0.25, 0.3) is 0 Å². The molecule has 70 valence electrons. The largest absolute Gasteiger partial charge is 0.548 e. The van der Waals surface area contributed by atoms with E-state index in [0.717, 1.165) is 5.56 Å². The van der Waals surface area contributed by atoms with E-state index in [0.29, 0.717) is 12.8 Å². The van der Waals surface area contributed by atoms with Crippen LogP contribution in [0.2, 0.25) is 0 Å². The molecule has 2 N–H and O–H groups in total. The highest BCUT2D eigenvalue weighted by Crippen LogP contribution is 2.03. The molecule has 0 aliphatic carbocycles. The second-order valence-electron chi connectivity index (χ2n) is 2.95. The third-order valence-corrected chi connectivity index (χ3v) is 1.89. The number of aliphatic carboxylic acids is 1. The van der Waals surface area contributed by atoms with E-state index in [4.69, 9.17) is 5.73 Å². The Morgan fingerprint density at radius 3 is 2.54 bits per heavy atom. The molecule has 0 spiro atoms. The SMILES string of the molecule is N[C@@H](CCc1ccccc1)C(=O)[O-]. The van der Waals surface area contributed by atoms with E-state index in [9.17, 15) is 9.90 Å².